The van der Waals surface area contributed by atoms with Gasteiger partial charge in [0.2, 0.25) is 0 Å². The maximum absolute atomic E-state index is 9.45. The third-order valence-corrected chi connectivity index (χ3v) is 6.88. The highest BCUT2D eigenvalue weighted by Gasteiger charge is 2.15. The molecule has 5 aromatic carbocycles. The van der Waals surface area contributed by atoms with Crippen LogP contribution in [-0.4, -0.2) is 4.57 Å². The summed E-state index contributed by atoms with van der Waals surface area (Å²) in [4.78, 5) is 0. The average Bonchev–Trinajstić information content (AvgIpc) is 3.47. The fraction of sp³-hybridized carbons (Fsp3) is 0. The van der Waals surface area contributed by atoms with E-state index in [1.165, 1.54) is 10.8 Å². The van der Waals surface area contributed by atoms with Crippen LogP contribution in [0.4, 0.5) is 0 Å². The monoisotopic (exact) mass is 459 g/mol. The van der Waals surface area contributed by atoms with Crippen LogP contribution in [0.5, 0.6) is 0 Å². The molecule has 0 saturated heterocycles. The van der Waals surface area contributed by atoms with Crippen LogP contribution < -0.4 is 0 Å². The van der Waals surface area contributed by atoms with Gasteiger partial charge in [0.05, 0.1) is 22.2 Å². The normalized spacial score (nSPS) is 11.3. The minimum atomic E-state index is 0.376. The van der Waals surface area contributed by atoms with E-state index < -0.39 is 0 Å². The zero-order valence-corrected chi connectivity index (χ0v) is 19.1. The first-order valence-electron chi connectivity index (χ1n) is 11.6. The number of nitriles is 2. The number of para-hydroxylation sites is 2. The van der Waals surface area contributed by atoms with E-state index in [1.807, 2.05) is 24.3 Å². The minimum Gasteiger partial charge on any atom is -0.456 e. The summed E-state index contributed by atoms with van der Waals surface area (Å²) in [6.45, 7) is 0. The quantitative estimate of drug-likeness (QED) is 0.262. The van der Waals surface area contributed by atoms with Gasteiger partial charge in [-0.25, -0.2) is 0 Å². The number of furan rings is 1. The molecule has 0 aliphatic carbocycles. The molecule has 0 unspecified atom stereocenters. The molecule has 0 N–H and O–H groups in total. The summed E-state index contributed by atoms with van der Waals surface area (Å²) in [5, 5.41) is 23.2. The fourth-order valence-corrected chi connectivity index (χ4v) is 5.20. The Balaban J connectivity index is 1.46. The van der Waals surface area contributed by atoms with Gasteiger partial charge in [0, 0.05) is 27.2 Å². The highest BCUT2D eigenvalue weighted by atomic mass is 16.3. The predicted octanol–water partition coefficient (Wildman–Crippen LogP) is 8.09. The Labute approximate surface area is 206 Å². The Bertz CT molecular complexity index is 2030. The second-order valence-electron chi connectivity index (χ2n) is 8.85. The lowest BCUT2D eigenvalue weighted by Crippen LogP contribution is -1.93. The average molecular weight is 460 g/mol. The Morgan fingerprint density at radius 3 is 1.81 bits per heavy atom. The molecule has 0 aliphatic rings. The van der Waals surface area contributed by atoms with Crippen LogP contribution in [0, 0.1) is 22.7 Å². The zero-order chi connectivity index (χ0) is 24.2. The summed E-state index contributed by atoms with van der Waals surface area (Å²) >= 11 is 0. The molecule has 0 aliphatic heterocycles. The molecule has 4 nitrogen and oxygen atoms in total. The first-order valence-corrected chi connectivity index (χ1v) is 11.6. The van der Waals surface area contributed by atoms with Crippen LogP contribution in [0.3, 0.4) is 0 Å². The van der Waals surface area contributed by atoms with Crippen LogP contribution in [0.15, 0.2) is 108 Å². The Kier molecular flexibility index (Phi) is 4.24. The standard InChI is InChI=1S/C32H17N3O/c33-18-22-10-9-20(15-23(22)19-34)21-11-13-31-27(16-21)28-17-24(12-14-32(28)36-31)35-29-7-3-1-5-25(29)26-6-2-4-8-30(26)35/h1-17H. The summed E-state index contributed by atoms with van der Waals surface area (Å²) < 4.78 is 8.47. The largest absolute Gasteiger partial charge is 0.456 e. The maximum Gasteiger partial charge on any atom is 0.135 e. The van der Waals surface area contributed by atoms with Gasteiger partial charge < -0.3 is 8.98 Å². The van der Waals surface area contributed by atoms with Crippen LogP contribution in [0.1, 0.15) is 11.1 Å². The molecule has 0 saturated carbocycles. The van der Waals surface area contributed by atoms with Gasteiger partial charge >= 0.3 is 0 Å². The second-order valence-corrected chi connectivity index (χ2v) is 8.85. The summed E-state index contributed by atoms with van der Waals surface area (Å²) in [6.07, 6.45) is 0. The SMILES string of the molecule is N#Cc1ccc(-c2ccc3oc4ccc(-n5c6ccccc6c6ccccc65)cc4c3c2)cc1C#N. The van der Waals surface area contributed by atoms with Crippen molar-refractivity contribution in [3.05, 3.63) is 114 Å². The van der Waals surface area contributed by atoms with Gasteiger partial charge in [-0.1, -0.05) is 48.5 Å². The molecule has 166 valence electrons. The number of nitrogens with zero attached hydrogens (tertiary/aromatic N) is 3. The van der Waals surface area contributed by atoms with Crippen molar-refractivity contribution in [3.8, 4) is 29.0 Å². The molecule has 0 bridgehead atoms. The molecule has 2 aromatic heterocycles. The topological polar surface area (TPSA) is 65.7 Å². The maximum atomic E-state index is 9.45. The lowest BCUT2D eigenvalue weighted by Gasteiger charge is -2.08. The highest BCUT2D eigenvalue weighted by molar-refractivity contribution is 6.11. The third-order valence-electron chi connectivity index (χ3n) is 6.88. The molecule has 0 spiro atoms. The summed E-state index contributed by atoms with van der Waals surface area (Å²) in [7, 11) is 0. The number of hydrogen-bond donors (Lipinski definition) is 0. The van der Waals surface area contributed by atoms with E-state index in [2.05, 4.69) is 83.4 Å². The van der Waals surface area contributed by atoms with Gasteiger partial charge in [-0.3, -0.25) is 0 Å². The fourth-order valence-electron chi connectivity index (χ4n) is 5.20. The van der Waals surface area contributed by atoms with Crippen LogP contribution in [-0.2, 0) is 0 Å². The van der Waals surface area contributed by atoms with Crippen LogP contribution in [0.25, 0.3) is 60.6 Å². The Morgan fingerprint density at radius 2 is 1.11 bits per heavy atom. The van der Waals surface area contributed by atoms with Gasteiger partial charge in [-0.2, -0.15) is 10.5 Å². The van der Waals surface area contributed by atoms with E-state index in [9.17, 15) is 10.5 Å². The molecule has 7 rings (SSSR count). The third kappa shape index (κ3) is 2.86. The van der Waals surface area contributed by atoms with Crippen molar-refractivity contribution in [2.75, 3.05) is 0 Å². The predicted molar refractivity (Wildman–Crippen MR) is 143 cm³/mol. The van der Waals surface area contributed by atoms with Crippen LogP contribution >= 0.6 is 0 Å². The van der Waals surface area contributed by atoms with E-state index in [-0.39, 0.29) is 0 Å². The second kappa shape index (κ2) is 7.60. The van der Waals surface area contributed by atoms with Crippen molar-refractivity contribution in [3.63, 3.8) is 0 Å². The van der Waals surface area contributed by atoms with E-state index in [4.69, 9.17) is 4.42 Å². The van der Waals surface area contributed by atoms with Gasteiger partial charge in [0.25, 0.3) is 0 Å². The first kappa shape index (κ1) is 20.1. The summed E-state index contributed by atoms with van der Waals surface area (Å²) in [5.41, 5.74) is 7.63. The lowest BCUT2D eigenvalue weighted by atomic mass is 9.98. The van der Waals surface area contributed by atoms with E-state index >= 15 is 0 Å². The number of fused-ring (bicyclic) bond motifs is 6. The number of rotatable bonds is 2. The number of aromatic nitrogens is 1. The van der Waals surface area contributed by atoms with Gasteiger partial charge in [-0.05, 0) is 65.7 Å². The molecule has 7 aromatic rings. The van der Waals surface area contributed by atoms with Crippen molar-refractivity contribution in [2.45, 2.75) is 0 Å². The van der Waals surface area contributed by atoms with Gasteiger partial charge in [0.1, 0.15) is 23.3 Å². The van der Waals surface area contributed by atoms with E-state index in [0.717, 1.165) is 49.8 Å². The molecule has 0 atom stereocenters. The van der Waals surface area contributed by atoms with E-state index in [0.29, 0.717) is 11.1 Å². The van der Waals surface area contributed by atoms with Gasteiger partial charge in [0.15, 0.2) is 0 Å². The zero-order valence-electron chi connectivity index (χ0n) is 19.1. The smallest absolute Gasteiger partial charge is 0.135 e. The van der Waals surface area contributed by atoms with Crippen molar-refractivity contribution < 1.29 is 4.42 Å². The molecule has 2 heterocycles. The molecule has 0 amide bonds. The molecular formula is C32H17N3O. The minimum absolute atomic E-state index is 0.376. The Morgan fingerprint density at radius 1 is 0.528 bits per heavy atom. The molecule has 4 heteroatoms. The lowest BCUT2D eigenvalue weighted by molar-refractivity contribution is 0.669. The molecule has 0 radical (unpaired) electrons. The van der Waals surface area contributed by atoms with Crippen molar-refractivity contribution in [1.29, 1.82) is 10.5 Å². The Hall–Kier alpha value is -5.32. The molecule has 36 heavy (non-hydrogen) atoms. The summed E-state index contributed by atoms with van der Waals surface area (Å²) in [5.74, 6) is 0. The van der Waals surface area contributed by atoms with Crippen LogP contribution in [0.2, 0.25) is 0 Å². The van der Waals surface area contributed by atoms with Crippen molar-refractivity contribution in [2.24, 2.45) is 0 Å². The van der Waals surface area contributed by atoms with E-state index in [1.54, 1.807) is 12.1 Å². The molecule has 0 fully saturated rings. The van der Waals surface area contributed by atoms with Gasteiger partial charge in [-0.15, -0.1) is 0 Å². The number of hydrogen-bond acceptors (Lipinski definition) is 3. The summed E-state index contributed by atoms with van der Waals surface area (Å²) in [6, 6.07) is 38.9. The van der Waals surface area contributed by atoms with Crippen molar-refractivity contribution in [1.82, 2.24) is 4.57 Å². The number of benzene rings is 5. The highest BCUT2D eigenvalue weighted by Crippen LogP contribution is 2.36. The molecular weight excluding hydrogens is 442 g/mol. The first-order chi connectivity index (χ1) is 17.7. The van der Waals surface area contributed by atoms with Crippen molar-refractivity contribution >= 4 is 43.7 Å².